The first kappa shape index (κ1) is 44.4. The Morgan fingerprint density at radius 3 is 1.52 bits per heavy atom. The van der Waals surface area contributed by atoms with Gasteiger partial charge in [-0.05, 0) is 122 Å². The molecular weight excluding hydrogens is 649 g/mol. The van der Waals surface area contributed by atoms with Crippen molar-refractivity contribution < 1.29 is 0 Å². The van der Waals surface area contributed by atoms with Gasteiger partial charge in [0.15, 0.2) is 0 Å². The molecule has 3 aromatic carbocycles. The molecule has 0 radical (unpaired) electrons. The van der Waals surface area contributed by atoms with Crippen LogP contribution in [0.2, 0.25) is 0 Å². The van der Waals surface area contributed by atoms with Crippen molar-refractivity contribution in [1.29, 1.82) is 0 Å². The molecule has 0 aromatic heterocycles. The van der Waals surface area contributed by atoms with E-state index in [4.69, 9.17) is 0 Å². The number of aryl methyl sites for hydroxylation is 3. The third-order valence-electron chi connectivity index (χ3n) is 13.9. The zero-order valence-corrected chi connectivity index (χ0v) is 36.0. The van der Waals surface area contributed by atoms with Gasteiger partial charge in [-0.25, -0.2) is 0 Å². The van der Waals surface area contributed by atoms with Crippen LogP contribution in [0.5, 0.6) is 0 Å². The maximum Gasteiger partial charge on any atom is -0.0136 e. The highest BCUT2D eigenvalue weighted by molar-refractivity contribution is 5.27. The van der Waals surface area contributed by atoms with Gasteiger partial charge in [0.05, 0.1) is 0 Å². The van der Waals surface area contributed by atoms with Crippen LogP contribution in [0.3, 0.4) is 0 Å². The lowest BCUT2D eigenvalue weighted by atomic mass is 9.73. The third-order valence-corrected chi connectivity index (χ3v) is 13.9. The highest BCUT2D eigenvalue weighted by Crippen LogP contribution is 2.38. The van der Waals surface area contributed by atoms with E-state index in [1.807, 2.05) is 0 Å². The van der Waals surface area contributed by atoms with Crippen molar-refractivity contribution in [3.63, 3.8) is 0 Å². The van der Waals surface area contributed by atoms with E-state index in [0.717, 1.165) is 23.7 Å². The van der Waals surface area contributed by atoms with Crippen molar-refractivity contribution in [3.8, 4) is 0 Å². The van der Waals surface area contributed by atoms with Crippen LogP contribution in [0.25, 0.3) is 0 Å². The molecule has 0 bridgehead atoms. The molecule has 1 aliphatic carbocycles. The van der Waals surface area contributed by atoms with Crippen LogP contribution in [0, 0.1) is 17.8 Å². The normalized spacial score (nSPS) is 15.4. The average Bonchev–Trinajstić information content (AvgIpc) is 3.21. The summed E-state index contributed by atoms with van der Waals surface area (Å²) < 4.78 is 0. The van der Waals surface area contributed by atoms with E-state index in [9.17, 15) is 0 Å². The molecule has 0 amide bonds. The highest BCUT2D eigenvalue weighted by atomic mass is 14.3. The second-order valence-electron chi connectivity index (χ2n) is 17.8. The monoisotopic (exact) mass is 733 g/mol. The summed E-state index contributed by atoms with van der Waals surface area (Å²) in [6.45, 7) is 9.67. The summed E-state index contributed by atoms with van der Waals surface area (Å²) in [4.78, 5) is 0. The molecule has 300 valence electrons. The van der Waals surface area contributed by atoms with Crippen molar-refractivity contribution in [1.82, 2.24) is 0 Å². The van der Waals surface area contributed by atoms with Crippen molar-refractivity contribution >= 4 is 0 Å². The lowest BCUT2D eigenvalue weighted by Gasteiger charge is -2.31. The van der Waals surface area contributed by atoms with E-state index < -0.39 is 0 Å². The molecule has 54 heavy (non-hydrogen) atoms. The van der Waals surface area contributed by atoms with Crippen LogP contribution in [0.1, 0.15) is 221 Å². The van der Waals surface area contributed by atoms with E-state index in [-0.39, 0.29) is 0 Å². The van der Waals surface area contributed by atoms with E-state index in [2.05, 4.69) is 107 Å². The molecule has 1 saturated carbocycles. The number of hydrogen-bond acceptors (Lipinski definition) is 0. The Kier molecular flexibility index (Phi) is 22.4. The summed E-state index contributed by atoms with van der Waals surface area (Å²) >= 11 is 0. The summed E-state index contributed by atoms with van der Waals surface area (Å²) in [5.74, 6) is 3.97. The Bertz CT molecular complexity index is 1290. The van der Waals surface area contributed by atoms with Gasteiger partial charge in [0.1, 0.15) is 0 Å². The van der Waals surface area contributed by atoms with Gasteiger partial charge in [-0.1, -0.05) is 216 Å². The van der Waals surface area contributed by atoms with Crippen LogP contribution >= 0.6 is 0 Å². The minimum atomic E-state index is 0.659. The standard InChI is InChI=1S/C54H84/c1-5-50(6-2)52-41-37-48(38-42-52)33-20-14-15-25-35-51(36-26-34-47-30-23-17-24-31-47)45(4)54(7-3)53-43-39-49(40-44-53)32-19-13-11-9-8-10-12-18-27-46-28-21-16-22-29-46/h17,23-24,30-31,37-46,50-51,54H,5-16,18-22,25-29,32-36H2,1-4H3. The quantitative estimate of drug-likeness (QED) is 0.0624. The molecule has 0 heteroatoms. The highest BCUT2D eigenvalue weighted by Gasteiger charge is 2.25. The number of benzene rings is 3. The SMILES string of the molecule is CCC(CC)c1ccc(CCCCCCC(CCCc2ccccc2)C(C)C(CC)c2ccc(CCCCCCCCCCC3CCCCC3)cc2)cc1. The zero-order valence-electron chi connectivity index (χ0n) is 36.0. The van der Waals surface area contributed by atoms with Crippen LogP contribution in [-0.2, 0) is 19.3 Å². The third kappa shape index (κ3) is 16.8. The Morgan fingerprint density at radius 2 is 0.944 bits per heavy atom. The van der Waals surface area contributed by atoms with Crippen molar-refractivity contribution in [3.05, 3.63) is 107 Å². The second-order valence-corrected chi connectivity index (χ2v) is 17.8. The van der Waals surface area contributed by atoms with Gasteiger partial charge in [-0.2, -0.15) is 0 Å². The van der Waals surface area contributed by atoms with Gasteiger partial charge in [0.25, 0.3) is 0 Å². The lowest BCUT2D eigenvalue weighted by Crippen LogP contribution is -2.20. The van der Waals surface area contributed by atoms with E-state index in [0.29, 0.717) is 5.92 Å². The molecule has 0 saturated heterocycles. The minimum Gasteiger partial charge on any atom is -0.0648 e. The van der Waals surface area contributed by atoms with Crippen LogP contribution in [0.15, 0.2) is 78.9 Å². The summed E-state index contributed by atoms with van der Waals surface area (Å²) in [7, 11) is 0. The minimum absolute atomic E-state index is 0.659. The van der Waals surface area contributed by atoms with E-state index in [1.54, 1.807) is 11.1 Å². The smallest absolute Gasteiger partial charge is 0.0136 e. The predicted octanol–water partition coefficient (Wildman–Crippen LogP) is 17.2. The fourth-order valence-corrected chi connectivity index (χ4v) is 10.2. The van der Waals surface area contributed by atoms with Crippen LogP contribution in [0.4, 0.5) is 0 Å². The van der Waals surface area contributed by atoms with Crippen molar-refractivity contribution in [2.24, 2.45) is 17.8 Å². The molecule has 0 N–H and O–H groups in total. The fraction of sp³-hybridized carbons (Fsp3) is 0.667. The maximum atomic E-state index is 2.59. The number of hydrogen-bond donors (Lipinski definition) is 0. The van der Waals surface area contributed by atoms with Crippen molar-refractivity contribution in [2.75, 3.05) is 0 Å². The maximum absolute atomic E-state index is 2.59. The summed E-state index contributed by atoms with van der Waals surface area (Å²) in [6.07, 6.45) is 37.5. The molecule has 3 aromatic rings. The van der Waals surface area contributed by atoms with Crippen LogP contribution < -0.4 is 0 Å². The molecule has 1 aliphatic rings. The van der Waals surface area contributed by atoms with Crippen LogP contribution in [-0.4, -0.2) is 0 Å². The molecule has 1 fully saturated rings. The van der Waals surface area contributed by atoms with E-state index in [1.165, 1.54) is 190 Å². The second kappa shape index (κ2) is 27.3. The number of rotatable bonds is 29. The molecule has 0 aliphatic heterocycles. The first-order valence-corrected chi connectivity index (χ1v) is 23.8. The first-order valence-electron chi connectivity index (χ1n) is 23.8. The molecule has 3 atom stereocenters. The van der Waals surface area contributed by atoms with E-state index >= 15 is 0 Å². The zero-order chi connectivity index (χ0) is 38.1. The van der Waals surface area contributed by atoms with Gasteiger partial charge in [-0.15, -0.1) is 0 Å². The Hall–Kier alpha value is -2.34. The fourth-order valence-electron chi connectivity index (χ4n) is 10.2. The Labute approximate surface area is 336 Å². The predicted molar refractivity (Wildman–Crippen MR) is 240 cm³/mol. The molecule has 3 unspecified atom stereocenters. The molecular formula is C54H84. The van der Waals surface area contributed by atoms with Gasteiger partial charge in [-0.3, -0.25) is 0 Å². The Morgan fingerprint density at radius 1 is 0.463 bits per heavy atom. The topological polar surface area (TPSA) is 0 Å². The van der Waals surface area contributed by atoms with Crippen molar-refractivity contribution in [2.45, 2.75) is 213 Å². The lowest BCUT2D eigenvalue weighted by molar-refractivity contribution is 0.254. The molecule has 0 spiro atoms. The molecule has 0 heterocycles. The molecule has 0 nitrogen and oxygen atoms in total. The van der Waals surface area contributed by atoms with Gasteiger partial charge in [0.2, 0.25) is 0 Å². The number of unbranched alkanes of at least 4 members (excludes halogenated alkanes) is 10. The summed E-state index contributed by atoms with van der Waals surface area (Å²) in [5.41, 5.74) is 7.68. The summed E-state index contributed by atoms with van der Waals surface area (Å²) in [6, 6.07) is 30.7. The van der Waals surface area contributed by atoms with Gasteiger partial charge < -0.3 is 0 Å². The molecule has 4 rings (SSSR count). The first-order chi connectivity index (χ1) is 26.6. The largest absolute Gasteiger partial charge is 0.0648 e. The van der Waals surface area contributed by atoms with Gasteiger partial charge >= 0.3 is 0 Å². The van der Waals surface area contributed by atoms with Gasteiger partial charge in [0, 0.05) is 0 Å². The Balaban J connectivity index is 1.16. The average molecular weight is 733 g/mol. The summed E-state index contributed by atoms with van der Waals surface area (Å²) in [5, 5.41) is 0.